The SMILES string of the molecule is O=C(Nc1cccnc1)c1ccc(NS(=O)(=O)c2ccc(F)c(Cl)c2)cc1. The van der Waals surface area contributed by atoms with Gasteiger partial charge in [0.05, 0.1) is 21.8 Å². The molecule has 0 radical (unpaired) electrons. The lowest BCUT2D eigenvalue weighted by atomic mass is 10.2. The fourth-order valence-corrected chi connectivity index (χ4v) is 3.52. The number of amides is 1. The maximum Gasteiger partial charge on any atom is 0.261 e. The van der Waals surface area contributed by atoms with E-state index in [1.54, 1.807) is 18.3 Å². The third-order valence-corrected chi connectivity index (χ3v) is 5.19. The number of benzene rings is 2. The fourth-order valence-electron chi connectivity index (χ4n) is 2.19. The van der Waals surface area contributed by atoms with Gasteiger partial charge in [-0.25, -0.2) is 12.8 Å². The van der Waals surface area contributed by atoms with Crippen molar-refractivity contribution in [1.29, 1.82) is 0 Å². The molecule has 1 aromatic heterocycles. The van der Waals surface area contributed by atoms with Crippen LogP contribution in [0.2, 0.25) is 5.02 Å². The van der Waals surface area contributed by atoms with E-state index in [9.17, 15) is 17.6 Å². The number of pyridine rings is 1. The van der Waals surface area contributed by atoms with Crippen LogP contribution >= 0.6 is 11.6 Å². The number of carbonyl (C=O) groups is 1. The zero-order valence-corrected chi connectivity index (χ0v) is 15.3. The number of halogens is 2. The van der Waals surface area contributed by atoms with Crippen LogP contribution in [-0.4, -0.2) is 19.3 Å². The van der Waals surface area contributed by atoms with Gasteiger partial charge >= 0.3 is 0 Å². The van der Waals surface area contributed by atoms with Gasteiger partial charge in [0.15, 0.2) is 0 Å². The summed E-state index contributed by atoms with van der Waals surface area (Å²) in [6, 6.07) is 12.3. The molecule has 27 heavy (non-hydrogen) atoms. The zero-order valence-electron chi connectivity index (χ0n) is 13.7. The molecular weight excluding hydrogens is 393 g/mol. The summed E-state index contributed by atoms with van der Waals surface area (Å²) in [6.45, 7) is 0. The summed E-state index contributed by atoms with van der Waals surface area (Å²) < 4.78 is 40.2. The Hall–Kier alpha value is -2.97. The first kappa shape index (κ1) is 18.8. The second-order valence-electron chi connectivity index (χ2n) is 5.45. The molecule has 0 bridgehead atoms. The number of aromatic nitrogens is 1. The van der Waals surface area contributed by atoms with Gasteiger partial charge in [-0.05, 0) is 54.6 Å². The molecule has 0 aliphatic carbocycles. The molecule has 1 amide bonds. The quantitative estimate of drug-likeness (QED) is 0.673. The van der Waals surface area contributed by atoms with E-state index in [-0.39, 0.29) is 21.5 Å². The summed E-state index contributed by atoms with van der Waals surface area (Å²) in [6.07, 6.45) is 3.10. The monoisotopic (exact) mass is 405 g/mol. The van der Waals surface area contributed by atoms with Gasteiger partial charge in [-0.15, -0.1) is 0 Å². The van der Waals surface area contributed by atoms with E-state index in [0.29, 0.717) is 11.3 Å². The van der Waals surface area contributed by atoms with Gasteiger partial charge in [0, 0.05) is 17.4 Å². The predicted octanol–water partition coefficient (Wildman–Crippen LogP) is 3.93. The third-order valence-electron chi connectivity index (χ3n) is 3.52. The van der Waals surface area contributed by atoms with E-state index < -0.39 is 15.8 Å². The van der Waals surface area contributed by atoms with Gasteiger partial charge in [-0.3, -0.25) is 14.5 Å². The molecule has 2 aromatic carbocycles. The number of hydrogen-bond donors (Lipinski definition) is 2. The lowest BCUT2D eigenvalue weighted by molar-refractivity contribution is 0.102. The fraction of sp³-hybridized carbons (Fsp3) is 0. The highest BCUT2D eigenvalue weighted by Gasteiger charge is 2.16. The van der Waals surface area contributed by atoms with Crippen LogP contribution in [0.15, 0.2) is 71.9 Å². The van der Waals surface area contributed by atoms with Crippen LogP contribution in [-0.2, 0) is 10.0 Å². The van der Waals surface area contributed by atoms with Crippen molar-refractivity contribution in [1.82, 2.24) is 4.98 Å². The Kier molecular flexibility index (Phi) is 5.38. The number of carbonyl (C=O) groups excluding carboxylic acids is 1. The molecule has 138 valence electrons. The van der Waals surface area contributed by atoms with Crippen molar-refractivity contribution in [2.75, 3.05) is 10.0 Å². The van der Waals surface area contributed by atoms with Crippen LogP contribution in [0.25, 0.3) is 0 Å². The second kappa shape index (κ2) is 7.73. The Morgan fingerprint density at radius 2 is 1.78 bits per heavy atom. The molecule has 0 saturated heterocycles. The van der Waals surface area contributed by atoms with Crippen LogP contribution < -0.4 is 10.0 Å². The van der Waals surface area contributed by atoms with Crippen molar-refractivity contribution in [2.24, 2.45) is 0 Å². The molecule has 0 spiro atoms. The molecule has 0 atom stereocenters. The summed E-state index contributed by atoms with van der Waals surface area (Å²) >= 11 is 5.63. The van der Waals surface area contributed by atoms with Crippen LogP contribution in [0.4, 0.5) is 15.8 Å². The van der Waals surface area contributed by atoms with E-state index in [1.165, 1.54) is 30.5 Å². The highest BCUT2D eigenvalue weighted by molar-refractivity contribution is 7.92. The molecular formula is C18H13ClFN3O3S. The minimum atomic E-state index is -3.94. The summed E-state index contributed by atoms with van der Waals surface area (Å²) in [4.78, 5) is 15.9. The molecule has 0 aliphatic rings. The molecule has 2 N–H and O–H groups in total. The largest absolute Gasteiger partial charge is 0.321 e. The third kappa shape index (κ3) is 4.60. The molecule has 0 unspecified atom stereocenters. The van der Waals surface area contributed by atoms with Gasteiger partial charge in [0.2, 0.25) is 0 Å². The predicted molar refractivity (Wildman–Crippen MR) is 101 cm³/mol. The number of hydrogen-bond acceptors (Lipinski definition) is 4. The first-order chi connectivity index (χ1) is 12.8. The Morgan fingerprint density at radius 1 is 1.04 bits per heavy atom. The van der Waals surface area contributed by atoms with Crippen molar-refractivity contribution in [3.05, 3.63) is 83.4 Å². The normalized spacial score (nSPS) is 11.0. The van der Waals surface area contributed by atoms with E-state index in [2.05, 4.69) is 15.0 Å². The lowest BCUT2D eigenvalue weighted by Gasteiger charge is -2.10. The Bertz CT molecular complexity index is 1070. The Labute approximate surface area is 160 Å². The summed E-state index contributed by atoms with van der Waals surface area (Å²) in [5.74, 6) is -1.07. The standard InChI is InChI=1S/C18H13ClFN3O3S/c19-16-10-15(7-8-17(16)20)27(25,26)23-13-5-3-12(4-6-13)18(24)22-14-2-1-9-21-11-14/h1-11,23H,(H,22,24). The smallest absolute Gasteiger partial charge is 0.261 e. The second-order valence-corrected chi connectivity index (χ2v) is 7.54. The number of anilines is 2. The molecule has 0 aliphatic heterocycles. The van der Waals surface area contributed by atoms with Crippen molar-refractivity contribution < 1.29 is 17.6 Å². The molecule has 3 rings (SSSR count). The summed E-state index contributed by atoms with van der Waals surface area (Å²) in [5, 5.41) is 2.38. The topological polar surface area (TPSA) is 88.2 Å². The Balaban J connectivity index is 1.73. The van der Waals surface area contributed by atoms with Crippen LogP contribution in [0.5, 0.6) is 0 Å². The van der Waals surface area contributed by atoms with Gasteiger partial charge in [0.25, 0.3) is 15.9 Å². The van der Waals surface area contributed by atoms with Crippen LogP contribution in [0, 0.1) is 5.82 Å². The van der Waals surface area contributed by atoms with Crippen molar-refractivity contribution in [2.45, 2.75) is 4.90 Å². The molecule has 9 heteroatoms. The van der Waals surface area contributed by atoms with Crippen LogP contribution in [0.3, 0.4) is 0 Å². The molecule has 1 heterocycles. The van der Waals surface area contributed by atoms with Gasteiger partial charge in [-0.2, -0.15) is 0 Å². The number of nitrogens with one attached hydrogen (secondary N) is 2. The maximum absolute atomic E-state index is 13.2. The summed E-state index contributed by atoms with van der Waals surface area (Å²) in [5.41, 5.74) is 1.13. The average molecular weight is 406 g/mol. The molecule has 0 saturated carbocycles. The van der Waals surface area contributed by atoms with Gasteiger partial charge in [0.1, 0.15) is 5.82 Å². The van der Waals surface area contributed by atoms with Crippen molar-refractivity contribution >= 4 is 38.9 Å². The average Bonchev–Trinajstić information content (AvgIpc) is 2.65. The summed E-state index contributed by atoms with van der Waals surface area (Å²) in [7, 11) is -3.94. The number of rotatable bonds is 5. The zero-order chi connectivity index (χ0) is 19.4. The highest BCUT2D eigenvalue weighted by atomic mass is 35.5. The minimum Gasteiger partial charge on any atom is -0.321 e. The first-order valence-corrected chi connectivity index (χ1v) is 9.50. The number of nitrogens with zero attached hydrogens (tertiary/aromatic N) is 1. The van der Waals surface area contributed by atoms with Gasteiger partial charge < -0.3 is 5.32 Å². The highest BCUT2D eigenvalue weighted by Crippen LogP contribution is 2.22. The molecule has 3 aromatic rings. The van der Waals surface area contributed by atoms with Crippen LogP contribution in [0.1, 0.15) is 10.4 Å². The van der Waals surface area contributed by atoms with E-state index in [1.807, 2.05) is 0 Å². The Morgan fingerprint density at radius 3 is 2.41 bits per heavy atom. The number of sulfonamides is 1. The lowest BCUT2D eigenvalue weighted by Crippen LogP contribution is -2.14. The minimum absolute atomic E-state index is 0.174. The molecule has 6 nitrogen and oxygen atoms in total. The van der Waals surface area contributed by atoms with Crippen molar-refractivity contribution in [3.63, 3.8) is 0 Å². The van der Waals surface area contributed by atoms with Gasteiger partial charge in [-0.1, -0.05) is 11.6 Å². The van der Waals surface area contributed by atoms with E-state index in [4.69, 9.17) is 11.6 Å². The maximum atomic E-state index is 13.2. The van der Waals surface area contributed by atoms with Crippen molar-refractivity contribution in [3.8, 4) is 0 Å². The van der Waals surface area contributed by atoms with E-state index >= 15 is 0 Å². The van der Waals surface area contributed by atoms with E-state index in [0.717, 1.165) is 18.2 Å². The first-order valence-electron chi connectivity index (χ1n) is 7.64. The molecule has 0 fully saturated rings.